The van der Waals surface area contributed by atoms with E-state index in [0.717, 1.165) is 41.8 Å². The van der Waals surface area contributed by atoms with Gasteiger partial charge in [0.05, 0.1) is 16.7 Å². The molecule has 0 aromatic carbocycles. The van der Waals surface area contributed by atoms with Crippen molar-refractivity contribution in [2.24, 2.45) is 0 Å². The number of hydrogen-bond donors (Lipinski definition) is 2. The lowest BCUT2D eigenvalue weighted by Gasteiger charge is -2.39. The zero-order valence-electron chi connectivity index (χ0n) is 17.4. The lowest BCUT2D eigenvalue weighted by Crippen LogP contribution is -2.53. The van der Waals surface area contributed by atoms with E-state index in [9.17, 15) is 9.59 Å². The predicted octanol–water partition coefficient (Wildman–Crippen LogP) is 1.81. The molecule has 0 spiro atoms. The summed E-state index contributed by atoms with van der Waals surface area (Å²) in [5.74, 6) is 0.486. The Kier molecular flexibility index (Phi) is 5.50. The number of pyridine rings is 3. The molecule has 3 aromatic heterocycles. The highest BCUT2D eigenvalue weighted by atomic mass is 16.5. The third-order valence-corrected chi connectivity index (χ3v) is 5.33. The minimum Gasteiger partial charge on any atom is -0.486 e. The molecule has 4 heterocycles. The van der Waals surface area contributed by atoms with Crippen molar-refractivity contribution >= 4 is 16.9 Å². The third-order valence-electron chi connectivity index (χ3n) is 5.33. The summed E-state index contributed by atoms with van der Waals surface area (Å²) in [6.07, 6.45) is 2.63. The molecule has 0 atom stereocenters. The van der Waals surface area contributed by atoms with Crippen LogP contribution in [0, 0.1) is 6.92 Å². The fourth-order valence-corrected chi connectivity index (χ4v) is 3.61. The van der Waals surface area contributed by atoms with Crippen molar-refractivity contribution in [1.82, 2.24) is 25.2 Å². The van der Waals surface area contributed by atoms with Crippen molar-refractivity contribution in [3.8, 4) is 5.75 Å². The minimum atomic E-state index is -0.212. The molecular formula is C22H25N5O3. The Morgan fingerprint density at radius 1 is 1.33 bits per heavy atom. The highest BCUT2D eigenvalue weighted by molar-refractivity contribution is 5.92. The highest BCUT2D eigenvalue weighted by Crippen LogP contribution is 2.23. The van der Waals surface area contributed by atoms with Crippen LogP contribution in [0.3, 0.4) is 0 Å². The molecule has 0 saturated carbocycles. The summed E-state index contributed by atoms with van der Waals surface area (Å²) < 4.78 is 6.03. The predicted molar refractivity (Wildman–Crippen MR) is 114 cm³/mol. The van der Waals surface area contributed by atoms with Crippen LogP contribution in [0.25, 0.3) is 11.0 Å². The maximum Gasteiger partial charge on any atom is 0.269 e. The Labute approximate surface area is 174 Å². The van der Waals surface area contributed by atoms with E-state index in [1.54, 1.807) is 19.2 Å². The molecule has 0 unspecified atom stereocenters. The molecule has 8 nitrogen and oxygen atoms in total. The lowest BCUT2D eigenvalue weighted by atomic mass is 10.1. The Morgan fingerprint density at radius 3 is 2.83 bits per heavy atom. The summed E-state index contributed by atoms with van der Waals surface area (Å²) in [7, 11) is 1.58. The van der Waals surface area contributed by atoms with Crippen molar-refractivity contribution in [2.75, 3.05) is 20.1 Å². The SMILES string of the molecule is CCc1cc2ncc(CN3CC(Oc4ccc(C(=O)NC)nc4C)C3)cc2[nH]c1=O. The van der Waals surface area contributed by atoms with Crippen LogP contribution in [0.4, 0.5) is 0 Å². The number of amides is 1. The largest absolute Gasteiger partial charge is 0.486 e. The van der Waals surface area contributed by atoms with Crippen molar-refractivity contribution in [3.05, 3.63) is 63.3 Å². The smallest absolute Gasteiger partial charge is 0.269 e. The number of carbonyl (C=O) groups is 1. The van der Waals surface area contributed by atoms with Gasteiger partial charge in [-0.3, -0.25) is 19.5 Å². The Balaban J connectivity index is 1.36. The van der Waals surface area contributed by atoms with E-state index >= 15 is 0 Å². The highest BCUT2D eigenvalue weighted by Gasteiger charge is 2.29. The fourth-order valence-electron chi connectivity index (χ4n) is 3.61. The van der Waals surface area contributed by atoms with Gasteiger partial charge in [0.15, 0.2) is 0 Å². The minimum absolute atomic E-state index is 0.0484. The van der Waals surface area contributed by atoms with Gasteiger partial charge in [0.2, 0.25) is 0 Å². The van der Waals surface area contributed by atoms with Gasteiger partial charge >= 0.3 is 0 Å². The molecular weight excluding hydrogens is 382 g/mol. The molecule has 1 fully saturated rings. The van der Waals surface area contributed by atoms with Crippen molar-refractivity contribution in [2.45, 2.75) is 32.9 Å². The molecule has 2 N–H and O–H groups in total. The summed E-state index contributed by atoms with van der Waals surface area (Å²) in [5, 5.41) is 2.57. The topological polar surface area (TPSA) is 100 Å². The Hall–Kier alpha value is -3.26. The summed E-state index contributed by atoms with van der Waals surface area (Å²) in [6, 6.07) is 7.31. The number of rotatable bonds is 6. The van der Waals surface area contributed by atoms with E-state index in [2.05, 4.69) is 25.2 Å². The number of fused-ring (bicyclic) bond motifs is 1. The standard InChI is InChI=1S/C22H25N5O3/c1-4-15-8-18-19(26-21(15)28)7-14(9-24-18)10-27-11-16(12-27)30-20-6-5-17(22(29)23-3)25-13(20)2/h5-9,16H,4,10-12H2,1-3H3,(H,23,29)(H,26,28). The van der Waals surface area contributed by atoms with Gasteiger partial charge < -0.3 is 15.0 Å². The van der Waals surface area contributed by atoms with E-state index in [1.807, 2.05) is 32.2 Å². The number of likely N-dealkylation sites (tertiary alicyclic amines) is 1. The van der Waals surface area contributed by atoms with Gasteiger partial charge in [-0.05, 0) is 43.2 Å². The first-order valence-electron chi connectivity index (χ1n) is 10.1. The molecule has 30 heavy (non-hydrogen) atoms. The lowest BCUT2D eigenvalue weighted by molar-refractivity contribution is 0.0139. The molecule has 1 amide bonds. The van der Waals surface area contributed by atoms with Gasteiger partial charge in [0.1, 0.15) is 17.5 Å². The molecule has 1 saturated heterocycles. The number of H-pyrrole nitrogens is 1. The zero-order chi connectivity index (χ0) is 21.3. The number of hydrogen-bond acceptors (Lipinski definition) is 6. The molecule has 8 heteroatoms. The summed E-state index contributed by atoms with van der Waals surface area (Å²) >= 11 is 0. The average Bonchev–Trinajstić information content (AvgIpc) is 2.72. The van der Waals surface area contributed by atoms with Crippen LogP contribution in [-0.4, -0.2) is 52.0 Å². The number of aryl methyl sites for hydroxylation is 2. The first-order chi connectivity index (χ1) is 14.5. The Bertz CT molecular complexity index is 1150. The monoisotopic (exact) mass is 407 g/mol. The number of aromatic amines is 1. The van der Waals surface area contributed by atoms with Crippen LogP contribution in [0.1, 0.15) is 34.2 Å². The van der Waals surface area contributed by atoms with Gasteiger partial charge in [0, 0.05) is 38.4 Å². The molecule has 0 aliphatic carbocycles. The van der Waals surface area contributed by atoms with Gasteiger partial charge in [-0.2, -0.15) is 0 Å². The first-order valence-corrected chi connectivity index (χ1v) is 10.1. The van der Waals surface area contributed by atoms with Gasteiger partial charge in [-0.15, -0.1) is 0 Å². The molecule has 1 aliphatic rings. The Morgan fingerprint density at radius 2 is 2.13 bits per heavy atom. The molecule has 0 radical (unpaired) electrons. The van der Waals surface area contributed by atoms with Gasteiger partial charge in [-0.1, -0.05) is 6.92 Å². The van der Waals surface area contributed by atoms with Crippen LogP contribution >= 0.6 is 0 Å². The number of aromatic nitrogens is 3. The molecule has 3 aromatic rings. The van der Waals surface area contributed by atoms with Crippen LogP contribution in [0.2, 0.25) is 0 Å². The number of nitrogens with zero attached hydrogens (tertiary/aromatic N) is 3. The summed E-state index contributed by atoms with van der Waals surface area (Å²) in [5.41, 5.74) is 4.40. The van der Waals surface area contributed by atoms with Crippen molar-refractivity contribution in [1.29, 1.82) is 0 Å². The molecule has 1 aliphatic heterocycles. The molecule has 156 valence electrons. The zero-order valence-corrected chi connectivity index (χ0v) is 17.4. The number of nitrogens with one attached hydrogen (secondary N) is 2. The van der Waals surface area contributed by atoms with Crippen molar-refractivity contribution in [3.63, 3.8) is 0 Å². The van der Waals surface area contributed by atoms with Gasteiger partial charge in [-0.25, -0.2) is 4.98 Å². The number of carbonyl (C=O) groups excluding carboxylic acids is 1. The average molecular weight is 407 g/mol. The molecule has 4 rings (SSSR count). The summed E-state index contributed by atoms with van der Waals surface area (Å²) in [4.78, 5) is 37.7. The van der Waals surface area contributed by atoms with E-state index in [1.165, 1.54) is 0 Å². The van der Waals surface area contributed by atoms with E-state index in [-0.39, 0.29) is 17.6 Å². The second-order valence-electron chi connectivity index (χ2n) is 7.55. The van der Waals surface area contributed by atoms with E-state index < -0.39 is 0 Å². The maximum atomic E-state index is 12.0. The second-order valence-corrected chi connectivity index (χ2v) is 7.55. The van der Waals surface area contributed by atoms with E-state index in [4.69, 9.17) is 4.74 Å². The fraction of sp³-hybridized carbons (Fsp3) is 0.364. The third kappa shape index (κ3) is 4.04. The van der Waals surface area contributed by atoms with Crippen LogP contribution in [-0.2, 0) is 13.0 Å². The van der Waals surface area contributed by atoms with E-state index in [0.29, 0.717) is 23.6 Å². The maximum absolute atomic E-state index is 12.0. The van der Waals surface area contributed by atoms with Crippen LogP contribution in [0.5, 0.6) is 5.75 Å². The van der Waals surface area contributed by atoms with Crippen LogP contribution in [0.15, 0.2) is 35.3 Å². The first kappa shape index (κ1) is 20.0. The van der Waals surface area contributed by atoms with Crippen molar-refractivity contribution < 1.29 is 9.53 Å². The quantitative estimate of drug-likeness (QED) is 0.646. The molecule has 0 bridgehead atoms. The van der Waals surface area contributed by atoms with Crippen LogP contribution < -0.4 is 15.6 Å². The number of ether oxygens (including phenoxy) is 1. The summed E-state index contributed by atoms with van der Waals surface area (Å²) in [6.45, 7) is 6.12. The normalized spacial score (nSPS) is 14.5. The second kappa shape index (κ2) is 8.23. The van der Waals surface area contributed by atoms with Gasteiger partial charge in [0.25, 0.3) is 11.5 Å².